The van der Waals surface area contributed by atoms with Crippen molar-refractivity contribution in [1.29, 1.82) is 0 Å². The van der Waals surface area contributed by atoms with Gasteiger partial charge in [-0.25, -0.2) is 0 Å². The van der Waals surface area contributed by atoms with Gasteiger partial charge in [0, 0.05) is 0 Å². The van der Waals surface area contributed by atoms with Gasteiger partial charge >= 0.3 is 0 Å². The monoisotopic (exact) mass is 266 g/mol. The standard InChI is InChI=1S/C12H26O2S2/c1-8(2)12(14-10(5)6)16-15-11(7)13-9(3)4/h8-12H,1-7H3. The highest BCUT2D eigenvalue weighted by molar-refractivity contribution is 8.77. The summed E-state index contributed by atoms with van der Waals surface area (Å²) in [7, 11) is 3.53. The average molecular weight is 266 g/mol. The summed E-state index contributed by atoms with van der Waals surface area (Å²) < 4.78 is 11.5. The van der Waals surface area contributed by atoms with Gasteiger partial charge in [0.1, 0.15) is 10.9 Å². The van der Waals surface area contributed by atoms with E-state index in [1.54, 1.807) is 21.6 Å². The first-order valence-corrected chi connectivity index (χ1v) is 8.23. The molecule has 0 aliphatic carbocycles. The number of hydrogen-bond donors (Lipinski definition) is 0. The molecule has 2 nitrogen and oxygen atoms in total. The number of rotatable bonds is 8. The van der Waals surface area contributed by atoms with E-state index in [2.05, 4.69) is 48.5 Å². The second kappa shape index (κ2) is 8.67. The fourth-order valence-electron chi connectivity index (χ4n) is 1.10. The van der Waals surface area contributed by atoms with E-state index in [0.717, 1.165) is 0 Å². The van der Waals surface area contributed by atoms with Crippen molar-refractivity contribution in [2.24, 2.45) is 5.92 Å². The summed E-state index contributed by atoms with van der Waals surface area (Å²) in [5, 5.41) is 0. The Kier molecular flexibility index (Phi) is 9.01. The van der Waals surface area contributed by atoms with Gasteiger partial charge in [0.2, 0.25) is 0 Å². The van der Waals surface area contributed by atoms with Crippen LogP contribution in [-0.4, -0.2) is 23.1 Å². The molecule has 16 heavy (non-hydrogen) atoms. The van der Waals surface area contributed by atoms with Crippen molar-refractivity contribution in [3.63, 3.8) is 0 Å². The first-order valence-electron chi connectivity index (χ1n) is 5.96. The van der Waals surface area contributed by atoms with Gasteiger partial charge in [0.15, 0.2) is 0 Å². The highest BCUT2D eigenvalue weighted by atomic mass is 33.1. The zero-order valence-electron chi connectivity index (χ0n) is 11.5. The van der Waals surface area contributed by atoms with Gasteiger partial charge in [-0.3, -0.25) is 0 Å². The van der Waals surface area contributed by atoms with E-state index in [-0.39, 0.29) is 23.1 Å². The third-order valence-electron chi connectivity index (χ3n) is 1.70. The van der Waals surface area contributed by atoms with Crippen molar-refractivity contribution in [3.05, 3.63) is 0 Å². The molecule has 0 aliphatic rings. The Morgan fingerprint density at radius 2 is 1.19 bits per heavy atom. The van der Waals surface area contributed by atoms with E-state index >= 15 is 0 Å². The van der Waals surface area contributed by atoms with E-state index in [9.17, 15) is 0 Å². The molecule has 0 amide bonds. The molecule has 0 aromatic heterocycles. The molecular weight excluding hydrogens is 240 g/mol. The van der Waals surface area contributed by atoms with Gasteiger partial charge < -0.3 is 9.47 Å². The van der Waals surface area contributed by atoms with Crippen molar-refractivity contribution in [1.82, 2.24) is 0 Å². The number of ether oxygens (including phenoxy) is 2. The maximum absolute atomic E-state index is 5.85. The minimum Gasteiger partial charge on any atom is -0.364 e. The van der Waals surface area contributed by atoms with Crippen LogP contribution < -0.4 is 0 Å². The first-order chi connectivity index (χ1) is 7.32. The van der Waals surface area contributed by atoms with Crippen molar-refractivity contribution in [2.75, 3.05) is 0 Å². The molecule has 2 atom stereocenters. The average Bonchev–Trinajstić information content (AvgIpc) is 2.09. The molecule has 0 N–H and O–H groups in total. The molecule has 98 valence electrons. The summed E-state index contributed by atoms with van der Waals surface area (Å²) in [5.74, 6) is 0.520. The van der Waals surface area contributed by atoms with Gasteiger partial charge in [0.25, 0.3) is 0 Å². The van der Waals surface area contributed by atoms with Crippen LogP contribution in [0, 0.1) is 5.92 Å². The highest BCUT2D eigenvalue weighted by Gasteiger charge is 2.18. The Balaban J connectivity index is 3.92. The fraction of sp³-hybridized carbons (Fsp3) is 1.00. The second-order valence-electron chi connectivity index (χ2n) is 4.74. The largest absolute Gasteiger partial charge is 0.364 e. The number of hydrogen-bond acceptors (Lipinski definition) is 4. The van der Waals surface area contributed by atoms with Crippen LogP contribution in [0.2, 0.25) is 0 Å². The van der Waals surface area contributed by atoms with Gasteiger partial charge in [0.05, 0.1) is 12.2 Å². The molecule has 0 aromatic carbocycles. The predicted molar refractivity (Wildman–Crippen MR) is 75.7 cm³/mol. The normalized spacial score (nSPS) is 16.1. The van der Waals surface area contributed by atoms with E-state index < -0.39 is 0 Å². The summed E-state index contributed by atoms with van der Waals surface area (Å²) in [4.78, 5) is 0. The van der Waals surface area contributed by atoms with Crippen LogP contribution in [0.3, 0.4) is 0 Å². The molecule has 0 heterocycles. The summed E-state index contributed by atoms with van der Waals surface area (Å²) in [6, 6.07) is 0. The Bertz CT molecular complexity index is 172. The van der Waals surface area contributed by atoms with Gasteiger partial charge in [-0.05, 0) is 40.5 Å². The topological polar surface area (TPSA) is 18.5 Å². The van der Waals surface area contributed by atoms with Crippen LogP contribution >= 0.6 is 21.6 Å². The molecule has 4 heteroatoms. The minimum atomic E-state index is 0.210. The van der Waals surface area contributed by atoms with Crippen molar-refractivity contribution in [3.8, 4) is 0 Å². The molecule has 0 saturated carbocycles. The van der Waals surface area contributed by atoms with Crippen molar-refractivity contribution in [2.45, 2.75) is 71.5 Å². The molecule has 2 unspecified atom stereocenters. The summed E-state index contributed by atoms with van der Waals surface area (Å²) >= 11 is 0. The predicted octanol–water partition coefficient (Wildman–Crippen LogP) is 4.55. The van der Waals surface area contributed by atoms with E-state index in [0.29, 0.717) is 5.92 Å². The van der Waals surface area contributed by atoms with Gasteiger partial charge in [-0.1, -0.05) is 35.4 Å². The maximum atomic E-state index is 5.85. The van der Waals surface area contributed by atoms with Crippen LogP contribution in [0.5, 0.6) is 0 Å². The molecule has 0 aliphatic heterocycles. The lowest BCUT2D eigenvalue weighted by Gasteiger charge is -2.24. The lowest BCUT2D eigenvalue weighted by atomic mass is 10.2. The molecule has 0 bridgehead atoms. The molecule has 0 rings (SSSR count). The van der Waals surface area contributed by atoms with E-state index in [4.69, 9.17) is 9.47 Å². The zero-order valence-corrected chi connectivity index (χ0v) is 13.2. The minimum absolute atomic E-state index is 0.210. The van der Waals surface area contributed by atoms with E-state index in [1.165, 1.54) is 0 Å². The molecule has 0 aromatic rings. The molecule has 0 radical (unpaired) electrons. The molecule has 0 fully saturated rings. The van der Waals surface area contributed by atoms with Crippen LogP contribution in [0.25, 0.3) is 0 Å². The van der Waals surface area contributed by atoms with Gasteiger partial charge in [-0.15, -0.1) is 0 Å². The van der Waals surface area contributed by atoms with Crippen molar-refractivity contribution >= 4 is 21.6 Å². The lowest BCUT2D eigenvalue weighted by Crippen LogP contribution is -2.20. The Morgan fingerprint density at radius 3 is 1.56 bits per heavy atom. The van der Waals surface area contributed by atoms with Crippen LogP contribution in [0.4, 0.5) is 0 Å². The van der Waals surface area contributed by atoms with Crippen LogP contribution in [-0.2, 0) is 9.47 Å². The lowest BCUT2D eigenvalue weighted by molar-refractivity contribution is 0.0367. The molecule has 0 saturated heterocycles. The SMILES string of the molecule is CC(C)OC(C)SSC(OC(C)C)C(C)C. The van der Waals surface area contributed by atoms with E-state index in [1.807, 2.05) is 0 Å². The quantitative estimate of drug-likeness (QED) is 0.474. The van der Waals surface area contributed by atoms with Crippen LogP contribution in [0.15, 0.2) is 0 Å². The Hall–Kier alpha value is 0.620. The summed E-state index contributed by atoms with van der Waals surface area (Å²) in [5.41, 5.74) is 0.449. The second-order valence-corrected chi connectivity index (χ2v) is 7.41. The summed E-state index contributed by atoms with van der Waals surface area (Å²) in [6.07, 6.45) is 0.563. The molecular formula is C12H26O2S2. The van der Waals surface area contributed by atoms with Crippen molar-refractivity contribution < 1.29 is 9.47 Å². The highest BCUT2D eigenvalue weighted by Crippen LogP contribution is 2.36. The third-order valence-corrected chi connectivity index (χ3v) is 4.75. The smallest absolute Gasteiger partial charge is 0.115 e. The molecule has 0 spiro atoms. The maximum Gasteiger partial charge on any atom is 0.115 e. The first kappa shape index (κ1) is 16.6. The third kappa shape index (κ3) is 8.74. The fourth-order valence-corrected chi connectivity index (χ4v) is 3.86. The summed E-state index contributed by atoms with van der Waals surface area (Å²) in [6.45, 7) is 14.7. The zero-order chi connectivity index (χ0) is 12.7. The Morgan fingerprint density at radius 1 is 0.688 bits per heavy atom. The van der Waals surface area contributed by atoms with Gasteiger partial charge in [-0.2, -0.15) is 0 Å². The Labute approximate surface area is 109 Å². The van der Waals surface area contributed by atoms with Crippen LogP contribution in [0.1, 0.15) is 48.5 Å².